The van der Waals surface area contributed by atoms with Crippen molar-refractivity contribution in [2.24, 2.45) is 7.05 Å². The molecular weight excluding hydrogens is 408 g/mol. The quantitative estimate of drug-likeness (QED) is 0.429. The first-order valence-electron chi connectivity index (χ1n) is 9.83. The third kappa shape index (κ3) is 2.77. The maximum absolute atomic E-state index is 4.89. The normalized spacial score (nSPS) is 11.7. The van der Waals surface area contributed by atoms with Crippen molar-refractivity contribution in [3.05, 3.63) is 53.6 Å². The zero-order chi connectivity index (χ0) is 21.1. The summed E-state index contributed by atoms with van der Waals surface area (Å²) < 4.78 is 2.02. The van der Waals surface area contributed by atoms with Crippen LogP contribution in [0.25, 0.3) is 55.4 Å². The minimum Gasteiger partial charge on any atom is -0.335 e. The Kier molecular flexibility index (Phi) is 3.81. The van der Waals surface area contributed by atoms with E-state index in [9.17, 15) is 0 Å². The predicted octanol–water partition coefficient (Wildman–Crippen LogP) is 4.64. The number of rotatable bonds is 3. The summed E-state index contributed by atoms with van der Waals surface area (Å²) in [5, 5.41) is 7.58. The van der Waals surface area contributed by atoms with E-state index >= 15 is 0 Å². The van der Waals surface area contributed by atoms with Crippen molar-refractivity contribution >= 4 is 33.4 Å². The van der Waals surface area contributed by atoms with Gasteiger partial charge in [0.05, 0.1) is 34.8 Å². The summed E-state index contributed by atoms with van der Waals surface area (Å²) in [5.41, 5.74) is 6.84. The molecule has 6 heterocycles. The van der Waals surface area contributed by atoms with Crippen LogP contribution in [0, 0.1) is 13.8 Å². The third-order valence-corrected chi connectivity index (χ3v) is 6.55. The van der Waals surface area contributed by atoms with Crippen LogP contribution in [0.4, 0.5) is 0 Å². The van der Waals surface area contributed by atoms with E-state index in [1.165, 1.54) is 4.88 Å². The lowest BCUT2D eigenvalue weighted by atomic mass is 10.2. The number of hydrogen-bond donors (Lipinski definition) is 2. The lowest BCUT2D eigenvalue weighted by Gasteiger charge is -2.03. The first-order valence-corrected chi connectivity index (χ1v) is 10.6. The summed E-state index contributed by atoms with van der Waals surface area (Å²) in [4.78, 5) is 24.3. The lowest BCUT2D eigenvalue weighted by molar-refractivity contribution is 0.862. The first kappa shape index (κ1) is 18.0. The van der Waals surface area contributed by atoms with Gasteiger partial charge in [0.1, 0.15) is 16.9 Å². The molecule has 6 aromatic heterocycles. The molecule has 0 saturated carbocycles. The van der Waals surface area contributed by atoms with Gasteiger partial charge in [-0.2, -0.15) is 5.10 Å². The number of nitrogens with zero attached hydrogens (tertiary/aromatic N) is 6. The number of aromatic amines is 2. The van der Waals surface area contributed by atoms with E-state index in [4.69, 9.17) is 9.97 Å². The van der Waals surface area contributed by atoms with Gasteiger partial charge in [-0.05, 0) is 38.1 Å². The number of pyridine rings is 2. The van der Waals surface area contributed by atoms with Crippen molar-refractivity contribution in [3.63, 3.8) is 0 Å². The molecule has 0 aliphatic heterocycles. The van der Waals surface area contributed by atoms with Gasteiger partial charge in [0.15, 0.2) is 11.5 Å². The van der Waals surface area contributed by atoms with Gasteiger partial charge in [0.2, 0.25) is 0 Å². The number of thiophene rings is 1. The molecule has 0 bridgehead atoms. The molecule has 31 heavy (non-hydrogen) atoms. The summed E-state index contributed by atoms with van der Waals surface area (Å²) in [7, 11) is 1.99. The van der Waals surface area contributed by atoms with Gasteiger partial charge in [0.25, 0.3) is 0 Å². The van der Waals surface area contributed by atoms with E-state index in [-0.39, 0.29) is 0 Å². The lowest BCUT2D eigenvalue weighted by Crippen LogP contribution is -1.96. The van der Waals surface area contributed by atoms with E-state index in [2.05, 4.69) is 44.2 Å². The van der Waals surface area contributed by atoms with E-state index in [1.54, 1.807) is 17.5 Å². The van der Waals surface area contributed by atoms with Crippen LogP contribution in [0.3, 0.4) is 0 Å². The minimum atomic E-state index is 0.662. The van der Waals surface area contributed by atoms with Gasteiger partial charge < -0.3 is 9.55 Å². The third-order valence-electron chi connectivity index (χ3n) is 5.51. The van der Waals surface area contributed by atoms with Gasteiger partial charge >= 0.3 is 0 Å². The number of H-pyrrole nitrogens is 2. The molecule has 6 rings (SSSR count). The molecule has 0 amide bonds. The average Bonchev–Trinajstić information content (AvgIpc) is 3.54. The number of aromatic nitrogens is 8. The molecule has 0 aromatic carbocycles. The van der Waals surface area contributed by atoms with E-state index < -0.39 is 0 Å². The van der Waals surface area contributed by atoms with Crippen molar-refractivity contribution in [1.29, 1.82) is 0 Å². The second-order valence-electron chi connectivity index (χ2n) is 7.49. The van der Waals surface area contributed by atoms with Crippen LogP contribution in [-0.2, 0) is 7.05 Å². The van der Waals surface area contributed by atoms with Crippen molar-refractivity contribution < 1.29 is 0 Å². The van der Waals surface area contributed by atoms with Gasteiger partial charge in [-0.3, -0.25) is 10.1 Å². The summed E-state index contributed by atoms with van der Waals surface area (Å²) in [5.74, 6) is 1.60. The molecule has 0 aliphatic carbocycles. The van der Waals surface area contributed by atoms with E-state index in [0.29, 0.717) is 11.5 Å². The largest absolute Gasteiger partial charge is 0.335 e. The van der Waals surface area contributed by atoms with Gasteiger partial charge in [0, 0.05) is 28.6 Å². The second kappa shape index (κ2) is 6.58. The Morgan fingerprint density at radius 2 is 1.84 bits per heavy atom. The fourth-order valence-electron chi connectivity index (χ4n) is 3.75. The molecule has 0 unspecified atom stereocenters. The van der Waals surface area contributed by atoms with Crippen molar-refractivity contribution in [3.8, 4) is 33.3 Å². The molecule has 0 spiro atoms. The summed E-state index contributed by atoms with van der Waals surface area (Å²) in [6.07, 6.45) is 5.50. The highest BCUT2D eigenvalue weighted by molar-refractivity contribution is 7.15. The molecular formula is C22H18N8S. The SMILES string of the molecule is Cc1ccc(-c2cncc3[nH]c(-c4n[nH]c5ccc(-c6cnc(C)n6C)nc45)nc23)s1. The Labute approximate surface area is 181 Å². The first-order chi connectivity index (χ1) is 15.1. The van der Waals surface area contributed by atoms with Crippen molar-refractivity contribution in [2.75, 3.05) is 0 Å². The highest BCUT2D eigenvalue weighted by Crippen LogP contribution is 2.34. The maximum atomic E-state index is 4.89. The highest BCUT2D eigenvalue weighted by atomic mass is 32.1. The molecule has 152 valence electrons. The molecule has 9 heteroatoms. The Balaban J connectivity index is 1.52. The molecule has 8 nitrogen and oxygen atoms in total. The highest BCUT2D eigenvalue weighted by Gasteiger charge is 2.18. The standard InChI is InChI=1S/C22H18N8S/c1-11-4-7-18(31-11)13-8-23-9-16-19(13)27-22(26-16)21-20-15(28-29-21)6-5-14(25-20)17-10-24-12(2)30(17)3/h4-10H,1-3H3,(H,26,27)(H,28,29). The van der Waals surface area contributed by atoms with Crippen molar-refractivity contribution in [2.45, 2.75) is 13.8 Å². The Morgan fingerprint density at radius 3 is 2.61 bits per heavy atom. The Morgan fingerprint density at radius 1 is 0.935 bits per heavy atom. The van der Waals surface area contributed by atoms with Crippen LogP contribution in [0.15, 0.2) is 42.9 Å². The van der Waals surface area contributed by atoms with Gasteiger partial charge in [-0.25, -0.2) is 15.0 Å². The number of fused-ring (bicyclic) bond motifs is 2. The average molecular weight is 427 g/mol. The molecule has 2 N–H and O–H groups in total. The van der Waals surface area contributed by atoms with Gasteiger partial charge in [-0.15, -0.1) is 11.3 Å². The fraction of sp³-hybridized carbons (Fsp3) is 0.136. The number of aryl methyl sites for hydroxylation is 2. The zero-order valence-electron chi connectivity index (χ0n) is 17.1. The predicted molar refractivity (Wildman–Crippen MR) is 122 cm³/mol. The van der Waals surface area contributed by atoms with Crippen LogP contribution in [0.5, 0.6) is 0 Å². The van der Waals surface area contributed by atoms with E-state index in [1.807, 2.05) is 43.1 Å². The summed E-state index contributed by atoms with van der Waals surface area (Å²) >= 11 is 1.73. The van der Waals surface area contributed by atoms with Crippen LogP contribution in [0.1, 0.15) is 10.7 Å². The van der Waals surface area contributed by atoms with Crippen LogP contribution < -0.4 is 0 Å². The van der Waals surface area contributed by atoms with Crippen LogP contribution >= 0.6 is 11.3 Å². The second-order valence-corrected chi connectivity index (χ2v) is 8.78. The van der Waals surface area contributed by atoms with Crippen molar-refractivity contribution in [1.82, 2.24) is 39.7 Å². The summed E-state index contributed by atoms with van der Waals surface area (Å²) in [6.45, 7) is 4.07. The molecule has 0 atom stereocenters. The minimum absolute atomic E-state index is 0.662. The molecule has 0 fully saturated rings. The summed E-state index contributed by atoms with van der Waals surface area (Å²) in [6, 6.07) is 8.18. The Hall–Kier alpha value is -3.85. The molecule has 0 aliphatic rings. The van der Waals surface area contributed by atoms with E-state index in [0.717, 1.165) is 49.7 Å². The van der Waals surface area contributed by atoms with Crippen LogP contribution in [-0.4, -0.2) is 39.7 Å². The Bertz CT molecular complexity index is 1580. The smallest absolute Gasteiger partial charge is 0.161 e. The fourth-order valence-corrected chi connectivity index (χ4v) is 4.63. The number of nitrogens with one attached hydrogen (secondary N) is 2. The molecule has 0 saturated heterocycles. The number of imidazole rings is 2. The topological polar surface area (TPSA) is 101 Å². The molecule has 0 radical (unpaired) electrons. The number of hydrogen-bond acceptors (Lipinski definition) is 6. The monoisotopic (exact) mass is 426 g/mol. The molecule has 6 aromatic rings. The maximum Gasteiger partial charge on any atom is 0.161 e. The van der Waals surface area contributed by atoms with Gasteiger partial charge in [-0.1, -0.05) is 0 Å². The zero-order valence-corrected chi connectivity index (χ0v) is 17.9. The van der Waals surface area contributed by atoms with Crippen LogP contribution in [0.2, 0.25) is 0 Å².